The number of likely N-dealkylation sites (N-methyl/N-ethyl adjacent to an activating group) is 1. The smallest absolute Gasteiger partial charge is 0.189 e. The van der Waals surface area contributed by atoms with Crippen molar-refractivity contribution in [3.63, 3.8) is 0 Å². The topological polar surface area (TPSA) is 84.4 Å². The standard InChI is InChI=1S/C12H23N7.HI/c1-3-19-6-4-5-10(19)7-14-12(13)15-8-11-16-9-18(2)17-11;/h9-10H,3-8H2,1-2H3,(H3,13,14,15);1H. The molecule has 0 aliphatic carbocycles. The van der Waals surface area contributed by atoms with Crippen LogP contribution in [0.1, 0.15) is 25.6 Å². The van der Waals surface area contributed by atoms with Gasteiger partial charge in [-0.1, -0.05) is 6.92 Å². The maximum atomic E-state index is 5.85. The molecule has 2 rings (SSSR count). The van der Waals surface area contributed by atoms with E-state index in [4.69, 9.17) is 5.73 Å². The SMILES string of the molecule is CCN1CCCC1CNC(N)=NCc1ncn(C)n1.I. The summed E-state index contributed by atoms with van der Waals surface area (Å²) in [5.74, 6) is 1.15. The van der Waals surface area contributed by atoms with Gasteiger partial charge in [-0.15, -0.1) is 24.0 Å². The molecule has 1 atom stereocenters. The van der Waals surface area contributed by atoms with Crippen LogP contribution in [0.2, 0.25) is 0 Å². The molecule has 0 amide bonds. The first kappa shape index (κ1) is 17.2. The highest BCUT2D eigenvalue weighted by molar-refractivity contribution is 14.0. The number of hydrogen-bond donors (Lipinski definition) is 2. The second kappa shape index (κ2) is 8.40. The zero-order valence-electron chi connectivity index (χ0n) is 12.1. The lowest BCUT2D eigenvalue weighted by molar-refractivity contribution is 0.267. The van der Waals surface area contributed by atoms with Gasteiger partial charge < -0.3 is 11.1 Å². The number of aromatic nitrogens is 3. The van der Waals surface area contributed by atoms with Crippen LogP contribution in [0.3, 0.4) is 0 Å². The van der Waals surface area contributed by atoms with Gasteiger partial charge in [0.15, 0.2) is 11.8 Å². The number of guanidine groups is 1. The molecule has 1 unspecified atom stereocenters. The van der Waals surface area contributed by atoms with Gasteiger partial charge >= 0.3 is 0 Å². The van der Waals surface area contributed by atoms with Crippen LogP contribution < -0.4 is 11.1 Å². The zero-order chi connectivity index (χ0) is 13.7. The van der Waals surface area contributed by atoms with E-state index in [1.165, 1.54) is 19.4 Å². The van der Waals surface area contributed by atoms with Crippen LogP contribution in [-0.2, 0) is 13.6 Å². The summed E-state index contributed by atoms with van der Waals surface area (Å²) in [4.78, 5) is 10.8. The molecule has 1 saturated heterocycles. The predicted octanol–water partition coefficient (Wildman–Crippen LogP) is 0.322. The van der Waals surface area contributed by atoms with E-state index in [2.05, 4.69) is 32.2 Å². The zero-order valence-corrected chi connectivity index (χ0v) is 14.4. The van der Waals surface area contributed by atoms with Crippen molar-refractivity contribution in [3.8, 4) is 0 Å². The van der Waals surface area contributed by atoms with Gasteiger partial charge in [0.25, 0.3) is 0 Å². The summed E-state index contributed by atoms with van der Waals surface area (Å²) in [5, 5.41) is 7.34. The van der Waals surface area contributed by atoms with E-state index in [1.54, 1.807) is 11.0 Å². The first-order valence-corrected chi connectivity index (χ1v) is 6.81. The van der Waals surface area contributed by atoms with Gasteiger partial charge in [0, 0.05) is 19.6 Å². The quantitative estimate of drug-likeness (QED) is 0.428. The number of aliphatic imine (C=N–C) groups is 1. The first-order chi connectivity index (χ1) is 9.19. The maximum Gasteiger partial charge on any atom is 0.189 e. The van der Waals surface area contributed by atoms with E-state index in [9.17, 15) is 0 Å². The van der Waals surface area contributed by atoms with Crippen molar-refractivity contribution in [1.82, 2.24) is 25.0 Å². The summed E-state index contributed by atoms with van der Waals surface area (Å²) in [5.41, 5.74) is 5.85. The van der Waals surface area contributed by atoms with Crippen molar-refractivity contribution in [1.29, 1.82) is 0 Å². The normalized spacial score (nSPS) is 19.9. The van der Waals surface area contributed by atoms with Crippen LogP contribution >= 0.6 is 24.0 Å². The minimum absolute atomic E-state index is 0. The summed E-state index contributed by atoms with van der Waals surface area (Å²) in [6.07, 6.45) is 4.16. The fourth-order valence-corrected chi connectivity index (χ4v) is 2.43. The number of likely N-dealkylation sites (tertiary alicyclic amines) is 1. The summed E-state index contributed by atoms with van der Waals surface area (Å²) in [7, 11) is 1.83. The third-order valence-electron chi connectivity index (χ3n) is 3.46. The van der Waals surface area contributed by atoms with Crippen LogP contribution in [0.5, 0.6) is 0 Å². The molecule has 1 aliphatic rings. The van der Waals surface area contributed by atoms with Crippen LogP contribution in [-0.4, -0.2) is 51.3 Å². The molecule has 114 valence electrons. The molecule has 1 aliphatic heterocycles. The van der Waals surface area contributed by atoms with Gasteiger partial charge in [-0.2, -0.15) is 5.10 Å². The Bertz CT molecular complexity index is 431. The van der Waals surface area contributed by atoms with Crippen LogP contribution in [0, 0.1) is 0 Å². The molecular formula is C12H24IN7. The summed E-state index contributed by atoms with van der Waals surface area (Å²) < 4.78 is 1.66. The minimum atomic E-state index is 0. The van der Waals surface area contributed by atoms with Crippen molar-refractivity contribution in [3.05, 3.63) is 12.2 Å². The third kappa shape index (κ3) is 4.89. The summed E-state index contributed by atoms with van der Waals surface area (Å²) in [6.45, 7) is 5.77. The molecule has 1 fully saturated rings. The molecule has 8 heteroatoms. The lowest BCUT2D eigenvalue weighted by Gasteiger charge is -2.23. The second-order valence-electron chi connectivity index (χ2n) is 4.84. The number of nitrogens with two attached hydrogens (primary N) is 1. The molecule has 2 heterocycles. The van der Waals surface area contributed by atoms with Crippen molar-refractivity contribution in [2.45, 2.75) is 32.4 Å². The Morgan fingerprint density at radius 2 is 2.40 bits per heavy atom. The number of aryl methyl sites for hydroxylation is 1. The van der Waals surface area contributed by atoms with Crippen LogP contribution in [0.4, 0.5) is 0 Å². The Balaban J connectivity index is 0.00000200. The van der Waals surface area contributed by atoms with Crippen molar-refractivity contribution >= 4 is 29.9 Å². The molecule has 0 aromatic carbocycles. The highest BCUT2D eigenvalue weighted by Gasteiger charge is 2.22. The van der Waals surface area contributed by atoms with Crippen molar-refractivity contribution in [2.75, 3.05) is 19.6 Å². The highest BCUT2D eigenvalue weighted by Crippen LogP contribution is 2.15. The molecule has 1 aromatic heterocycles. The fraction of sp³-hybridized carbons (Fsp3) is 0.750. The average molecular weight is 393 g/mol. The van der Waals surface area contributed by atoms with Crippen LogP contribution in [0.15, 0.2) is 11.3 Å². The lowest BCUT2D eigenvalue weighted by atomic mass is 10.2. The van der Waals surface area contributed by atoms with E-state index >= 15 is 0 Å². The molecular weight excluding hydrogens is 369 g/mol. The number of rotatable bonds is 5. The number of hydrogen-bond acceptors (Lipinski definition) is 4. The van der Waals surface area contributed by atoms with Gasteiger partial charge in [-0.05, 0) is 25.9 Å². The Morgan fingerprint density at radius 3 is 3.05 bits per heavy atom. The third-order valence-corrected chi connectivity index (χ3v) is 3.46. The monoisotopic (exact) mass is 393 g/mol. The minimum Gasteiger partial charge on any atom is -0.370 e. The lowest BCUT2D eigenvalue weighted by Crippen LogP contribution is -2.42. The molecule has 0 saturated carbocycles. The predicted molar refractivity (Wildman–Crippen MR) is 90.0 cm³/mol. The molecule has 1 aromatic rings. The summed E-state index contributed by atoms with van der Waals surface area (Å²) >= 11 is 0. The second-order valence-corrected chi connectivity index (χ2v) is 4.84. The molecule has 0 spiro atoms. The summed E-state index contributed by atoms with van der Waals surface area (Å²) in [6, 6.07) is 0.576. The van der Waals surface area contributed by atoms with Crippen molar-refractivity contribution < 1.29 is 0 Å². The van der Waals surface area contributed by atoms with E-state index < -0.39 is 0 Å². The number of nitrogens with one attached hydrogen (secondary N) is 1. The van der Waals surface area contributed by atoms with E-state index in [0.717, 1.165) is 13.1 Å². The maximum absolute atomic E-state index is 5.85. The molecule has 0 bridgehead atoms. The van der Waals surface area contributed by atoms with E-state index in [1.807, 2.05) is 7.05 Å². The Hall–Kier alpha value is -0.900. The van der Waals surface area contributed by atoms with Crippen molar-refractivity contribution in [2.24, 2.45) is 17.8 Å². The largest absolute Gasteiger partial charge is 0.370 e. The fourth-order valence-electron chi connectivity index (χ4n) is 2.43. The average Bonchev–Trinajstić information content (AvgIpc) is 3.02. The van der Waals surface area contributed by atoms with E-state index in [0.29, 0.717) is 24.4 Å². The molecule has 0 radical (unpaired) electrons. The molecule has 7 nitrogen and oxygen atoms in total. The van der Waals surface area contributed by atoms with Gasteiger partial charge in [-0.3, -0.25) is 9.58 Å². The van der Waals surface area contributed by atoms with Gasteiger partial charge in [0.05, 0.1) is 0 Å². The van der Waals surface area contributed by atoms with Gasteiger partial charge in [-0.25, -0.2) is 9.98 Å². The number of halogens is 1. The van der Waals surface area contributed by atoms with Crippen LogP contribution in [0.25, 0.3) is 0 Å². The Labute approximate surface area is 137 Å². The first-order valence-electron chi connectivity index (χ1n) is 6.81. The molecule has 20 heavy (non-hydrogen) atoms. The van der Waals surface area contributed by atoms with Gasteiger partial charge in [0.2, 0.25) is 0 Å². The Kier molecular flexibility index (Phi) is 7.20. The number of nitrogens with zero attached hydrogens (tertiary/aromatic N) is 5. The Morgan fingerprint density at radius 1 is 1.60 bits per heavy atom. The molecule has 3 N–H and O–H groups in total. The van der Waals surface area contributed by atoms with E-state index in [-0.39, 0.29) is 24.0 Å². The van der Waals surface area contributed by atoms with Gasteiger partial charge in [0.1, 0.15) is 12.9 Å². The highest BCUT2D eigenvalue weighted by atomic mass is 127.